The van der Waals surface area contributed by atoms with Crippen molar-refractivity contribution in [3.8, 4) is 0 Å². The second kappa shape index (κ2) is 5.14. The number of aromatic nitrogens is 1. The number of carbonyl (C=O) groups is 1. The molecule has 1 aromatic rings. The van der Waals surface area contributed by atoms with Crippen molar-refractivity contribution in [2.45, 2.75) is 58.9 Å². The largest absolute Gasteiger partial charge is 0.334 e. The molecule has 1 amide bonds. The molecule has 2 fully saturated rings. The van der Waals surface area contributed by atoms with E-state index in [9.17, 15) is 4.79 Å². The maximum Gasteiger partial charge on any atom is 0.226 e. The summed E-state index contributed by atoms with van der Waals surface area (Å²) in [6, 6.07) is 0.233. The molecule has 1 aromatic heterocycles. The molecule has 2 atom stereocenters. The maximum atomic E-state index is 12.8. The molecule has 0 bridgehead atoms. The molecular weight excluding hydrogens is 268 g/mol. The number of hydrogen-bond donors (Lipinski definition) is 0. The quantitative estimate of drug-likeness (QED) is 0.827. The second-order valence-corrected chi connectivity index (χ2v) is 8.15. The fourth-order valence-corrected chi connectivity index (χ4v) is 4.41. The number of aryl methyl sites for hydroxylation is 1. The summed E-state index contributed by atoms with van der Waals surface area (Å²) in [7, 11) is 0. The van der Waals surface area contributed by atoms with E-state index < -0.39 is 0 Å². The second-order valence-electron chi connectivity index (χ2n) is 7.08. The molecule has 110 valence electrons. The molecule has 3 nitrogen and oxygen atoms in total. The van der Waals surface area contributed by atoms with E-state index in [0.29, 0.717) is 11.3 Å². The molecule has 1 saturated carbocycles. The Kier molecular flexibility index (Phi) is 3.61. The lowest BCUT2D eigenvalue weighted by Crippen LogP contribution is -2.35. The summed E-state index contributed by atoms with van der Waals surface area (Å²) in [4.78, 5) is 19.5. The lowest BCUT2D eigenvalue weighted by atomic mass is 9.90. The Labute approximate surface area is 125 Å². The van der Waals surface area contributed by atoms with Crippen molar-refractivity contribution in [2.75, 3.05) is 6.54 Å². The van der Waals surface area contributed by atoms with Gasteiger partial charge >= 0.3 is 0 Å². The van der Waals surface area contributed by atoms with Crippen LogP contribution in [-0.2, 0) is 4.79 Å². The van der Waals surface area contributed by atoms with Crippen LogP contribution in [0.4, 0.5) is 0 Å². The van der Waals surface area contributed by atoms with E-state index in [1.807, 2.05) is 6.92 Å². The van der Waals surface area contributed by atoms with E-state index in [1.165, 1.54) is 6.42 Å². The van der Waals surface area contributed by atoms with Crippen molar-refractivity contribution in [3.05, 3.63) is 16.1 Å². The first kappa shape index (κ1) is 14.1. The van der Waals surface area contributed by atoms with Crippen molar-refractivity contribution in [1.82, 2.24) is 9.88 Å². The van der Waals surface area contributed by atoms with Gasteiger partial charge in [-0.25, -0.2) is 4.98 Å². The Balaban J connectivity index is 1.74. The zero-order chi connectivity index (χ0) is 14.3. The van der Waals surface area contributed by atoms with Crippen molar-refractivity contribution in [1.29, 1.82) is 0 Å². The van der Waals surface area contributed by atoms with Gasteiger partial charge in [-0.05, 0) is 44.4 Å². The molecule has 0 aromatic carbocycles. The van der Waals surface area contributed by atoms with Crippen LogP contribution in [0.25, 0.3) is 0 Å². The van der Waals surface area contributed by atoms with Crippen molar-refractivity contribution < 1.29 is 4.79 Å². The number of thiazole rings is 1. The van der Waals surface area contributed by atoms with E-state index in [-0.39, 0.29) is 12.0 Å². The average Bonchev–Trinajstić information content (AvgIpc) is 3.07. The van der Waals surface area contributed by atoms with Crippen molar-refractivity contribution >= 4 is 17.2 Å². The third kappa shape index (κ3) is 2.62. The zero-order valence-electron chi connectivity index (χ0n) is 12.7. The van der Waals surface area contributed by atoms with Crippen LogP contribution in [0.15, 0.2) is 5.38 Å². The fourth-order valence-electron chi connectivity index (χ4n) is 3.75. The molecule has 1 saturated heterocycles. The normalized spacial score (nSPS) is 29.1. The summed E-state index contributed by atoms with van der Waals surface area (Å²) in [6.07, 6.45) is 5.47. The average molecular weight is 292 g/mol. The smallest absolute Gasteiger partial charge is 0.226 e. The van der Waals surface area contributed by atoms with Crippen molar-refractivity contribution in [3.63, 3.8) is 0 Å². The molecule has 2 aliphatic rings. The Morgan fingerprint density at radius 1 is 1.45 bits per heavy atom. The summed E-state index contributed by atoms with van der Waals surface area (Å²) < 4.78 is 0. The standard InChI is InChI=1S/C16H24N2OS/c1-11-17-13(10-20-11)14-5-4-8-18(14)15(19)12-6-7-16(2,3)9-12/h10,12,14H,4-9H2,1-3H3. The number of likely N-dealkylation sites (tertiary alicyclic amines) is 1. The van der Waals surface area contributed by atoms with Crippen LogP contribution in [0.3, 0.4) is 0 Å². The summed E-state index contributed by atoms with van der Waals surface area (Å²) in [5, 5.41) is 3.23. The topological polar surface area (TPSA) is 33.2 Å². The van der Waals surface area contributed by atoms with E-state index >= 15 is 0 Å². The highest BCUT2D eigenvalue weighted by atomic mass is 32.1. The lowest BCUT2D eigenvalue weighted by molar-refractivity contribution is -0.136. The van der Waals surface area contributed by atoms with Gasteiger partial charge in [-0.1, -0.05) is 13.8 Å². The molecule has 0 spiro atoms. The van der Waals surface area contributed by atoms with Crippen LogP contribution >= 0.6 is 11.3 Å². The molecule has 20 heavy (non-hydrogen) atoms. The van der Waals surface area contributed by atoms with Gasteiger partial charge < -0.3 is 4.90 Å². The molecule has 1 aliphatic carbocycles. The van der Waals surface area contributed by atoms with E-state index in [1.54, 1.807) is 11.3 Å². The summed E-state index contributed by atoms with van der Waals surface area (Å²) in [5.41, 5.74) is 1.45. The molecule has 2 heterocycles. The van der Waals surface area contributed by atoms with E-state index in [4.69, 9.17) is 0 Å². The van der Waals surface area contributed by atoms with E-state index in [0.717, 1.165) is 42.9 Å². The van der Waals surface area contributed by atoms with Crippen LogP contribution in [-0.4, -0.2) is 22.3 Å². The minimum absolute atomic E-state index is 0.233. The third-order valence-corrected chi connectivity index (χ3v) is 5.62. The van der Waals surface area contributed by atoms with Gasteiger partial charge in [-0.3, -0.25) is 4.79 Å². The Hall–Kier alpha value is -0.900. The van der Waals surface area contributed by atoms with Crippen molar-refractivity contribution in [2.24, 2.45) is 11.3 Å². The predicted octanol–water partition coefficient (Wildman–Crippen LogP) is 3.94. The highest BCUT2D eigenvalue weighted by molar-refractivity contribution is 7.09. The van der Waals surface area contributed by atoms with E-state index in [2.05, 4.69) is 29.1 Å². The van der Waals surface area contributed by atoms with Gasteiger partial charge in [0.15, 0.2) is 0 Å². The summed E-state index contributed by atoms with van der Waals surface area (Å²) in [5.74, 6) is 0.620. The Bertz CT molecular complexity index is 508. The van der Waals surface area contributed by atoms with Gasteiger partial charge in [0.1, 0.15) is 0 Å². The minimum Gasteiger partial charge on any atom is -0.334 e. The van der Waals surface area contributed by atoms with Gasteiger partial charge in [0.2, 0.25) is 5.91 Å². The highest BCUT2D eigenvalue weighted by Crippen LogP contribution is 2.43. The first-order chi connectivity index (χ1) is 9.46. The fraction of sp³-hybridized carbons (Fsp3) is 0.750. The minimum atomic E-state index is 0.233. The molecule has 3 rings (SSSR count). The number of rotatable bonds is 2. The Morgan fingerprint density at radius 2 is 2.25 bits per heavy atom. The van der Waals surface area contributed by atoms with Gasteiger partial charge in [0, 0.05) is 17.8 Å². The van der Waals surface area contributed by atoms with Crippen LogP contribution < -0.4 is 0 Å². The summed E-state index contributed by atoms with van der Waals surface area (Å²) >= 11 is 1.69. The van der Waals surface area contributed by atoms with Gasteiger partial charge in [-0.2, -0.15) is 0 Å². The molecule has 2 unspecified atom stereocenters. The van der Waals surface area contributed by atoms with Gasteiger partial charge in [0.25, 0.3) is 0 Å². The molecule has 4 heteroatoms. The summed E-state index contributed by atoms with van der Waals surface area (Å²) in [6.45, 7) is 7.52. The first-order valence-electron chi connectivity index (χ1n) is 7.69. The van der Waals surface area contributed by atoms with Gasteiger partial charge in [-0.15, -0.1) is 11.3 Å². The first-order valence-corrected chi connectivity index (χ1v) is 8.57. The number of carbonyl (C=O) groups excluding carboxylic acids is 1. The van der Waals surface area contributed by atoms with Gasteiger partial charge in [0.05, 0.1) is 16.7 Å². The van der Waals surface area contributed by atoms with Crippen LogP contribution in [0.2, 0.25) is 0 Å². The number of nitrogens with zero attached hydrogens (tertiary/aromatic N) is 2. The molecule has 0 radical (unpaired) electrons. The molecule has 0 N–H and O–H groups in total. The number of amides is 1. The molecular formula is C16H24N2OS. The van der Waals surface area contributed by atoms with Crippen LogP contribution in [0.5, 0.6) is 0 Å². The Morgan fingerprint density at radius 3 is 2.85 bits per heavy atom. The predicted molar refractivity (Wildman–Crippen MR) is 81.7 cm³/mol. The lowest BCUT2D eigenvalue weighted by Gasteiger charge is -2.27. The monoisotopic (exact) mass is 292 g/mol. The third-order valence-electron chi connectivity index (χ3n) is 4.83. The SMILES string of the molecule is Cc1nc(C2CCCN2C(=O)C2CCC(C)(C)C2)cs1. The van der Waals surface area contributed by atoms with Crippen LogP contribution in [0, 0.1) is 18.3 Å². The highest BCUT2D eigenvalue weighted by Gasteiger charge is 2.40. The maximum absolute atomic E-state index is 12.8. The number of hydrogen-bond acceptors (Lipinski definition) is 3. The van der Waals surface area contributed by atoms with Crippen LogP contribution in [0.1, 0.15) is 62.7 Å². The zero-order valence-corrected chi connectivity index (χ0v) is 13.5. The molecule has 1 aliphatic heterocycles.